The second-order valence-corrected chi connectivity index (χ2v) is 7.02. The minimum Gasteiger partial charge on any atom is -0.491 e. The quantitative estimate of drug-likeness (QED) is 0.547. The zero-order valence-corrected chi connectivity index (χ0v) is 14.9. The molecular weight excluding hydrogens is 342 g/mol. The van der Waals surface area contributed by atoms with Gasteiger partial charge in [-0.2, -0.15) is 0 Å². The van der Waals surface area contributed by atoms with Crippen LogP contribution < -0.4 is 4.74 Å². The van der Waals surface area contributed by atoms with Gasteiger partial charge in [0.2, 0.25) is 0 Å². The molecule has 2 aromatic carbocycles. The van der Waals surface area contributed by atoms with E-state index in [9.17, 15) is 4.79 Å². The van der Waals surface area contributed by atoms with E-state index in [0.29, 0.717) is 10.6 Å². The van der Waals surface area contributed by atoms with Gasteiger partial charge in [-0.1, -0.05) is 17.7 Å². The Morgan fingerprint density at radius 1 is 1.17 bits per heavy atom. The van der Waals surface area contributed by atoms with Crippen LogP contribution in [0.3, 0.4) is 0 Å². The number of aromatic nitrogens is 1. The highest BCUT2D eigenvalue weighted by molar-refractivity contribution is 7.18. The molecule has 122 valence electrons. The second-order valence-electron chi connectivity index (χ2n) is 5.58. The van der Waals surface area contributed by atoms with Crippen molar-refractivity contribution in [1.82, 2.24) is 4.98 Å². The fourth-order valence-corrected chi connectivity index (χ4v) is 3.58. The average molecular weight is 358 g/mol. The van der Waals surface area contributed by atoms with Crippen LogP contribution >= 0.6 is 22.9 Å². The van der Waals surface area contributed by atoms with E-state index in [1.54, 1.807) is 23.5 Å². The highest BCUT2D eigenvalue weighted by Gasteiger charge is 2.11. The van der Waals surface area contributed by atoms with Gasteiger partial charge in [0.1, 0.15) is 17.0 Å². The summed E-state index contributed by atoms with van der Waals surface area (Å²) >= 11 is 7.82. The first-order chi connectivity index (χ1) is 11.6. The van der Waals surface area contributed by atoms with Gasteiger partial charge in [0.15, 0.2) is 0 Å². The van der Waals surface area contributed by atoms with Crippen LogP contribution in [0, 0.1) is 0 Å². The third-order valence-electron chi connectivity index (χ3n) is 3.38. The summed E-state index contributed by atoms with van der Waals surface area (Å²) in [7, 11) is 0. The number of thiazole rings is 1. The molecule has 0 amide bonds. The molecule has 0 saturated carbocycles. The van der Waals surface area contributed by atoms with Gasteiger partial charge < -0.3 is 4.74 Å². The van der Waals surface area contributed by atoms with Crippen LogP contribution in [0.4, 0.5) is 0 Å². The van der Waals surface area contributed by atoms with Crippen molar-refractivity contribution < 1.29 is 9.53 Å². The summed E-state index contributed by atoms with van der Waals surface area (Å²) in [6, 6.07) is 13.2. The van der Waals surface area contributed by atoms with E-state index in [4.69, 9.17) is 16.3 Å². The lowest BCUT2D eigenvalue weighted by Gasteiger charge is -2.09. The van der Waals surface area contributed by atoms with Crippen molar-refractivity contribution in [3.63, 3.8) is 0 Å². The summed E-state index contributed by atoms with van der Waals surface area (Å²) in [5.41, 5.74) is 2.47. The van der Waals surface area contributed by atoms with Gasteiger partial charge >= 0.3 is 0 Å². The number of aldehydes is 1. The molecule has 0 aliphatic carbocycles. The van der Waals surface area contributed by atoms with Gasteiger partial charge in [-0.25, -0.2) is 4.98 Å². The van der Waals surface area contributed by atoms with E-state index in [1.165, 1.54) is 0 Å². The molecule has 3 nitrogen and oxygen atoms in total. The number of carbonyl (C=O) groups is 1. The number of hydrogen-bond acceptors (Lipinski definition) is 4. The first-order valence-corrected chi connectivity index (χ1v) is 8.74. The zero-order chi connectivity index (χ0) is 17.1. The van der Waals surface area contributed by atoms with Crippen LogP contribution in [0.2, 0.25) is 5.02 Å². The minimum atomic E-state index is 0.155. The van der Waals surface area contributed by atoms with Gasteiger partial charge in [-0.15, -0.1) is 11.3 Å². The first kappa shape index (κ1) is 16.7. The van der Waals surface area contributed by atoms with Crippen molar-refractivity contribution in [2.45, 2.75) is 20.0 Å². The lowest BCUT2D eigenvalue weighted by molar-refractivity contribution is 0.112. The number of carbonyl (C=O) groups excluding carboxylic acids is 1. The molecule has 1 aromatic heterocycles. The highest BCUT2D eigenvalue weighted by Crippen LogP contribution is 2.36. The van der Waals surface area contributed by atoms with Crippen LogP contribution in [0.15, 0.2) is 48.7 Å². The Hall–Kier alpha value is -2.17. The summed E-state index contributed by atoms with van der Waals surface area (Å²) in [5.74, 6) is 0.853. The molecule has 0 aliphatic heterocycles. The minimum absolute atomic E-state index is 0.155. The lowest BCUT2D eigenvalue weighted by Crippen LogP contribution is -2.04. The molecule has 3 aromatic rings. The smallest absolute Gasteiger partial charge is 0.150 e. The van der Waals surface area contributed by atoms with Gasteiger partial charge in [-0.05, 0) is 55.8 Å². The van der Waals surface area contributed by atoms with E-state index in [0.717, 1.165) is 33.0 Å². The predicted molar refractivity (Wildman–Crippen MR) is 99.1 cm³/mol. The van der Waals surface area contributed by atoms with E-state index in [1.807, 2.05) is 50.4 Å². The van der Waals surface area contributed by atoms with Crippen molar-refractivity contribution in [3.05, 3.63) is 59.2 Å². The topological polar surface area (TPSA) is 39.2 Å². The maximum absolute atomic E-state index is 10.8. The molecule has 1 heterocycles. The highest BCUT2D eigenvalue weighted by atomic mass is 35.5. The van der Waals surface area contributed by atoms with Crippen LogP contribution in [0.1, 0.15) is 24.2 Å². The second kappa shape index (κ2) is 7.16. The fraction of sp³-hybridized carbons (Fsp3) is 0.158. The number of nitrogens with zero attached hydrogens (tertiary/aromatic N) is 1. The summed E-state index contributed by atoms with van der Waals surface area (Å²) in [6.07, 6.45) is 2.77. The summed E-state index contributed by atoms with van der Waals surface area (Å²) < 4.78 is 5.66. The fourth-order valence-electron chi connectivity index (χ4n) is 2.28. The SMILES string of the molecule is CC(C)Oc1ccc(-c2cnc(-c3ccc(C=O)cc3Cl)s2)cc1. The molecule has 0 N–H and O–H groups in total. The van der Waals surface area contributed by atoms with Gasteiger partial charge in [0, 0.05) is 17.3 Å². The Bertz CT molecular complexity index is 856. The van der Waals surface area contributed by atoms with Crippen LogP contribution in [-0.2, 0) is 0 Å². The molecular formula is C19H16ClNO2S. The van der Waals surface area contributed by atoms with E-state index in [-0.39, 0.29) is 6.10 Å². The third kappa shape index (κ3) is 3.66. The number of hydrogen-bond donors (Lipinski definition) is 0. The Morgan fingerprint density at radius 3 is 2.54 bits per heavy atom. The molecule has 3 rings (SSSR count). The molecule has 24 heavy (non-hydrogen) atoms. The van der Waals surface area contributed by atoms with Crippen molar-refractivity contribution in [2.75, 3.05) is 0 Å². The molecule has 5 heteroatoms. The molecule has 0 aliphatic rings. The Morgan fingerprint density at radius 2 is 1.92 bits per heavy atom. The Labute approximate surface area is 149 Å². The number of ether oxygens (including phenoxy) is 1. The first-order valence-electron chi connectivity index (χ1n) is 7.55. The van der Waals surface area contributed by atoms with Crippen molar-refractivity contribution in [2.24, 2.45) is 0 Å². The molecule has 0 unspecified atom stereocenters. The molecule has 0 fully saturated rings. The number of rotatable bonds is 5. The molecule has 0 saturated heterocycles. The predicted octanol–water partition coefficient (Wildman–Crippen LogP) is 5.73. The van der Waals surface area contributed by atoms with Crippen LogP contribution in [-0.4, -0.2) is 17.4 Å². The standard InChI is InChI=1S/C19H16ClNO2S/c1-12(2)23-15-6-4-14(5-7-15)18-10-21-19(24-18)16-8-3-13(11-22)9-17(16)20/h3-12H,1-2H3. The van der Waals surface area contributed by atoms with Gasteiger partial charge in [0.05, 0.1) is 16.0 Å². The van der Waals surface area contributed by atoms with Crippen molar-refractivity contribution >= 4 is 29.2 Å². The number of halogens is 1. The zero-order valence-electron chi connectivity index (χ0n) is 13.3. The van der Waals surface area contributed by atoms with Crippen molar-refractivity contribution in [3.8, 4) is 26.8 Å². The molecule has 0 atom stereocenters. The average Bonchev–Trinajstić information content (AvgIpc) is 3.04. The van der Waals surface area contributed by atoms with E-state index in [2.05, 4.69) is 4.98 Å². The largest absolute Gasteiger partial charge is 0.491 e. The molecule has 0 radical (unpaired) electrons. The number of benzene rings is 2. The van der Waals surface area contributed by atoms with Crippen molar-refractivity contribution in [1.29, 1.82) is 0 Å². The molecule has 0 spiro atoms. The maximum Gasteiger partial charge on any atom is 0.150 e. The third-order valence-corrected chi connectivity index (χ3v) is 4.77. The monoisotopic (exact) mass is 357 g/mol. The normalized spacial score (nSPS) is 10.8. The van der Waals surface area contributed by atoms with E-state index >= 15 is 0 Å². The Balaban J connectivity index is 1.86. The maximum atomic E-state index is 10.8. The summed E-state index contributed by atoms with van der Waals surface area (Å²) in [6.45, 7) is 4.01. The van der Waals surface area contributed by atoms with E-state index < -0.39 is 0 Å². The van der Waals surface area contributed by atoms with Gasteiger partial charge in [-0.3, -0.25) is 4.79 Å². The van der Waals surface area contributed by atoms with Crippen LogP contribution in [0.5, 0.6) is 5.75 Å². The summed E-state index contributed by atoms with van der Waals surface area (Å²) in [5, 5.41) is 1.36. The molecule has 0 bridgehead atoms. The van der Waals surface area contributed by atoms with Gasteiger partial charge in [0.25, 0.3) is 0 Å². The Kier molecular flexibility index (Phi) is 4.97. The summed E-state index contributed by atoms with van der Waals surface area (Å²) in [4.78, 5) is 16.3. The van der Waals surface area contributed by atoms with Crippen LogP contribution in [0.25, 0.3) is 21.0 Å². The lowest BCUT2D eigenvalue weighted by atomic mass is 10.1.